The van der Waals surface area contributed by atoms with E-state index in [9.17, 15) is 0 Å². The summed E-state index contributed by atoms with van der Waals surface area (Å²) in [7, 11) is 0. The predicted octanol–water partition coefficient (Wildman–Crippen LogP) is 2.47. The van der Waals surface area contributed by atoms with E-state index in [1.807, 2.05) is 0 Å². The molecule has 1 aromatic carbocycles. The van der Waals surface area contributed by atoms with Crippen LogP contribution in [-0.4, -0.2) is 48.6 Å². The summed E-state index contributed by atoms with van der Waals surface area (Å²) in [5, 5.41) is 0. The van der Waals surface area contributed by atoms with E-state index >= 15 is 0 Å². The topological polar surface area (TPSA) is 32.5 Å². The average Bonchev–Trinajstić information content (AvgIpc) is 2.80. The second kappa shape index (κ2) is 6.47. The Morgan fingerprint density at radius 3 is 2.76 bits per heavy atom. The Bertz CT molecular complexity index is 485. The van der Waals surface area contributed by atoms with Crippen LogP contribution in [0, 0.1) is 13.8 Å². The van der Waals surface area contributed by atoms with Gasteiger partial charge in [0.25, 0.3) is 0 Å². The number of nitrogens with two attached hydrogens (primary N) is 1. The summed E-state index contributed by atoms with van der Waals surface area (Å²) in [5.74, 6) is 0. The van der Waals surface area contributed by atoms with Crippen molar-refractivity contribution >= 4 is 0 Å². The summed E-state index contributed by atoms with van der Waals surface area (Å²) >= 11 is 0. The van der Waals surface area contributed by atoms with Gasteiger partial charge >= 0.3 is 0 Å². The molecule has 3 heteroatoms. The summed E-state index contributed by atoms with van der Waals surface area (Å²) in [6, 6.07) is 7.58. The highest BCUT2D eigenvalue weighted by atomic mass is 15.3. The van der Waals surface area contributed by atoms with Crippen LogP contribution in [0.4, 0.5) is 0 Å². The highest BCUT2D eigenvalue weighted by Gasteiger charge is 2.29. The molecule has 0 saturated carbocycles. The summed E-state index contributed by atoms with van der Waals surface area (Å²) in [4.78, 5) is 5.28. The predicted molar refractivity (Wildman–Crippen MR) is 88.5 cm³/mol. The third-order valence-corrected chi connectivity index (χ3v) is 5.30. The lowest BCUT2D eigenvalue weighted by Gasteiger charge is -2.28. The van der Waals surface area contributed by atoms with Gasteiger partial charge in [-0.3, -0.25) is 9.80 Å². The fourth-order valence-electron chi connectivity index (χ4n) is 3.83. The van der Waals surface area contributed by atoms with Crippen LogP contribution >= 0.6 is 0 Å². The Hall–Kier alpha value is -0.900. The Kier molecular flexibility index (Phi) is 4.63. The first kappa shape index (κ1) is 15.0. The number of nitrogens with zero attached hydrogens (tertiary/aromatic N) is 2. The second-order valence-corrected chi connectivity index (χ2v) is 6.90. The fraction of sp³-hybridized carbons (Fsp3) is 0.667. The Morgan fingerprint density at radius 2 is 1.95 bits per heavy atom. The molecule has 2 saturated heterocycles. The van der Waals surface area contributed by atoms with Crippen LogP contribution in [0.1, 0.15) is 42.0 Å². The molecule has 2 heterocycles. The molecule has 2 fully saturated rings. The van der Waals surface area contributed by atoms with Crippen molar-refractivity contribution in [3.05, 3.63) is 34.9 Å². The molecule has 2 N–H and O–H groups in total. The Morgan fingerprint density at radius 1 is 1.14 bits per heavy atom. The minimum Gasteiger partial charge on any atom is -0.323 e. The van der Waals surface area contributed by atoms with Crippen molar-refractivity contribution in [2.75, 3.05) is 32.7 Å². The quantitative estimate of drug-likeness (QED) is 0.927. The number of hydrogen-bond acceptors (Lipinski definition) is 3. The van der Waals surface area contributed by atoms with Crippen LogP contribution in [0.3, 0.4) is 0 Å². The molecule has 2 aliphatic rings. The summed E-state index contributed by atoms with van der Waals surface area (Å²) in [6.45, 7) is 10.3. The number of rotatable bonds is 3. The number of benzene rings is 1. The molecule has 0 amide bonds. The molecule has 21 heavy (non-hydrogen) atoms. The maximum atomic E-state index is 6.48. The zero-order valence-corrected chi connectivity index (χ0v) is 13.5. The van der Waals surface area contributed by atoms with E-state index in [1.54, 1.807) is 0 Å². The van der Waals surface area contributed by atoms with Crippen molar-refractivity contribution < 1.29 is 0 Å². The normalized spacial score (nSPS) is 25.6. The van der Waals surface area contributed by atoms with Gasteiger partial charge in [-0.1, -0.05) is 18.2 Å². The van der Waals surface area contributed by atoms with Crippen LogP contribution < -0.4 is 5.73 Å². The lowest BCUT2D eigenvalue weighted by atomic mass is 10.0. The van der Waals surface area contributed by atoms with Gasteiger partial charge in [0.05, 0.1) is 0 Å². The molecule has 0 bridgehead atoms. The maximum Gasteiger partial charge on any atom is 0.0424 e. The van der Waals surface area contributed by atoms with E-state index in [4.69, 9.17) is 5.73 Å². The van der Waals surface area contributed by atoms with Gasteiger partial charge < -0.3 is 5.73 Å². The SMILES string of the molecule is Cc1ccc(C(N)CN2CCCN3CCCC3C2)cc1C. The lowest BCUT2D eigenvalue weighted by molar-refractivity contribution is 0.213. The van der Waals surface area contributed by atoms with Crippen LogP contribution in [-0.2, 0) is 0 Å². The van der Waals surface area contributed by atoms with Gasteiger partial charge in [-0.05, 0) is 69.4 Å². The van der Waals surface area contributed by atoms with Crippen molar-refractivity contribution in [1.29, 1.82) is 0 Å². The highest BCUT2D eigenvalue weighted by Crippen LogP contribution is 2.23. The molecular weight excluding hydrogens is 258 g/mol. The minimum absolute atomic E-state index is 0.136. The van der Waals surface area contributed by atoms with Crippen molar-refractivity contribution in [1.82, 2.24) is 9.80 Å². The van der Waals surface area contributed by atoms with Crippen molar-refractivity contribution in [2.24, 2.45) is 5.73 Å². The molecule has 3 rings (SSSR count). The van der Waals surface area contributed by atoms with Gasteiger partial charge in [-0.15, -0.1) is 0 Å². The molecule has 0 aromatic heterocycles. The largest absolute Gasteiger partial charge is 0.323 e. The fourth-order valence-corrected chi connectivity index (χ4v) is 3.83. The summed E-state index contributed by atoms with van der Waals surface area (Å²) < 4.78 is 0. The molecule has 0 radical (unpaired) electrons. The third kappa shape index (κ3) is 3.47. The van der Waals surface area contributed by atoms with Gasteiger partial charge in [0, 0.05) is 25.2 Å². The first-order chi connectivity index (χ1) is 10.1. The minimum atomic E-state index is 0.136. The van der Waals surface area contributed by atoms with Crippen LogP contribution in [0.15, 0.2) is 18.2 Å². The van der Waals surface area contributed by atoms with Crippen molar-refractivity contribution in [3.8, 4) is 0 Å². The third-order valence-electron chi connectivity index (χ3n) is 5.30. The molecule has 116 valence electrons. The monoisotopic (exact) mass is 287 g/mol. The van der Waals surface area contributed by atoms with E-state index in [-0.39, 0.29) is 6.04 Å². The number of aryl methyl sites for hydroxylation is 2. The first-order valence-electron chi connectivity index (χ1n) is 8.42. The van der Waals surface area contributed by atoms with Crippen LogP contribution in [0.2, 0.25) is 0 Å². The van der Waals surface area contributed by atoms with E-state index in [0.29, 0.717) is 0 Å². The Labute approximate surface area is 129 Å². The van der Waals surface area contributed by atoms with Gasteiger partial charge in [-0.25, -0.2) is 0 Å². The summed E-state index contributed by atoms with van der Waals surface area (Å²) in [6.07, 6.45) is 4.03. The van der Waals surface area contributed by atoms with Crippen molar-refractivity contribution in [2.45, 2.75) is 45.2 Å². The molecule has 3 nitrogen and oxygen atoms in total. The van der Waals surface area contributed by atoms with E-state index in [1.165, 1.54) is 62.1 Å². The van der Waals surface area contributed by atoms with Gasteiger partial charge in [0.1, 0.15) is 0 Å². The molecule has 2 atom stereocenters. The first-order valence-corrected chi connectivity index (χ1v) is 8.42. The Balaban J connectivity index is 1.63. The smallest absolute Gasteiger partial charge is 0.0424 e. The highest BCUT2D eigenvalue weighted by molar-refractivity contribution is 5.31. The maximum absolute atomic E-state index is 6.48. The molecule has 0 aliphatic carbocycles. The van der Waals surface area contributed by atoms with Crippen molar-refractivity contribution in [3.63, 3.8) is 0 Å². The second-order valence-electron chi connectivity index (χ2n) is 6.90. The van der Waals surface area contributed by atoms with Crippen LogP contribution in [0.5, 0.6) is 0 Å². The standard InChI is InChI=1S/C18H29N3/c1-14-6-7-16(11-15(14)2)18(19)13-20-8-4-10-21-9-3-5-17(21)12-20/h6-7,11,17-18H,3-5,8-10,12-13,19H2,1-2H3. The molecule has 2 aliphatic heterocycles. The summed E-state index contributed by atoms with van der Waals surface area (Å²) in [5.41, 5.74) is 10.5. The van der Waals surface area contributed by atoms with Crippen LogP contribution in [0.25, 0.3) is 0 Å². The number of fused-ring (bicyclic) bond motifs is 1. The average molecular weight is 287 g/mol. The molecule has 1 aromatic rings. The molecule has 0 spiro atoms. The zero-order valence-electron chi connectivity index (χ0n) is 13.5. The van der Waals surface area contributed by atoms with E-state index < -0.39 is 0 Å². The number of hydrogen-bond donors (Lipinski definition) is 1. The zero-order chi connectivity index (χ0) is 14.8. The van der Waals surface area contributed by atoms with E-state index in [0.717, 1.165) is 12.6 Å². The van der Waals surface area contributed by atoms with Gasteiger partial charge in [-0.2, -0.15) is 0 Å². The molecule has 2 unspecified atom stereocenters. The van der Waals surface area contributed by atoms with Gasteiger partial charge in [0.15, 0.2) is 0 Å². The lowest BCUT2D eigenvalue weighted by Crippen LogP contribution is -2.39. The molecular formula is C18H29N3. The van der Waals surface area contributed by atoms with Gasteiger partial charge in [0.2, 0.25) is 0 Å². The van der Waals surface area contributed by atoms with E-state index in [2.05, 4.69) is 41.8 Å².